The largest absolute Gasteiger partial charge is 0.325 e. The van der Waals surface area contributed by atoms with Crippen LogP contribution < -0.4 is 5.32 Å². The summed E-state index contributed by atoms with van der Waals surface area (Å²) in [5.74, 6) is 0.506. The quantitative estimate of drug-likeness (QED) is 0.638. The molecule has 7 heteroatoms. The molecule has 0 radical (unpaired) electrons. The van der Waals surface area contributed by atoms with Gasteiger partial charge in [-0.25, -0.2) is 4.39 Å². The van der Waals surface area contributed by atoms with E-state index in [9.17, 15) is 9.18 Å². The summed E-state index contributed by atoms with van der Waals surface area (Å²) in [5.41, 5.74) is 3.81. The summed E-state index contributed by atoms with van der Waals surface area (Å²) >= 11 is 1.33. The van der Waals surface area contributed by atoms with Crippen molar-refractivity contribution in [1.82, 2.24) is 14.8 Å². The molecule has 1 heterocycles. The fourth-order valence-corrected chi connectivity index (χ4v) is 3.50. The van der Waals surface area contributed by atoms with Gasteiger partial charge in [0.05, 0.1) is 5.75 Å². The zero-order valence-corrected chi connectivity index (χ0v) is 16.3. The number of benzene rings is 2. The van der Waals surface area contributed by atoms with E-state index in [-0.39, 0.29) is 17.5 Å². The molecule has 0 aliphatic heterocycles. The average Bonchev–Trinajstić information content (AvgIpc) is 3.07. The molecule has 2 aromatic carbocycles. The van der Waals surface area contributed by atoms with Crippen LogP contribution in [-0.4, -0.2) is 26.4 Å². The van der Waals surface area contributed by atoms with Crippen LogP contribution in [-0.2, 0) is 11.3 Å². The van der Waals surface area contributed by atoms with Crippen LogP contribution in [0.2, 0.25) is 0 Å². The van der Waals surface area contributed by atoms with Crippen LogP contribution in [0.3, 0.4) is 0 Å². The smallest absolute Gasteiger partial charge is 0.234 e. The van der Waals surface area contributed by atoms with Gasteiger partial charge in [0.15, 0.2) is 11.0 Å². The fourth-order valence-electron chi connectivity index (χ4n) is 2.70. The molecule has 27 heavy (non-hydrogen) atoms. The number of hydrogen-bond acceptors (Lipinski definition) is 4. The molecule has 0 atom stereocenters. The number of hydrogen-bond donors (Lipinski definition) is 1. The molecular formula is C20H21FN4OS. The third kappa shape index (κ3) is 4.36. The van der Waals surface area contributed by atoms with E-state index in [4.69, 9.17) is 0 Å². The highest BCUT2D eigenvalue weighted by Gasteiger charge is 2.15. The highest BCUT2D eigenvalue weighted by molar-refractivity contribution is 7.99. The van der Waals surface area contributed by atoms with Crippen molar-refractivity contribution in [3.8, 4) is 11.4 Å². The third-order valence-corrected chi connectivity index (χ3v) is 5.31. The molecule has 140 valence electrons. The summed E-state index contributed by atoms with van der Waals surface area (Å²) in [6.07, 6.45) is 0. The topological polar surface area (TPSA) is 59.8 Å². The molecule has 1 amide bonds. The van der Waals surface area contributed by atoms with Crippen molar-refractivity contribution < 1.29 is 9.18 Å². The molecule has 1 N–H and O–H groups in total. The van der Waals surface area contributed by atoms with Crippen molar-refractivity contribution in [3.63, 3.8) is 0 Å². The molecule has 0 spiro atoms. The SMILES string of the molecule is CCn1c(SCC(=O)Nc2cccc(C)c2C)nnc1-c1ccc(F)cc1. The average molecular weight is 384 g/mol. The van der Waals surface area contributed by atoms with E-state index in [0.29, 0.717) is 17.5 Å². The molecule has 0 aliphatic rings. The van der Waals surface area contributed by atoms with E-state index in [0.717, 1.165) is 22.4 Å². The standard InChI is InChI=1S/C20H21FN4OS/c1-4-25-19(15-8-10-16(21)11-9-15)23-24-20(25)27-12-18(26)22-17-7-5-6-13(2)14(17)3/h5-11H,4,12H2,1-3H3,(H,22,26). The van der Waals surface area contributed by atoms with Gasteiger partial charge in [0.25, 0.3) is 0 Å². The summed E-state index contributed by atoms with van der Waals surface area (Å²) in [5, 5.41) is 12.0. The first-order valence-electron chi connectivity index (χ1n) is 8.67. The Labute approximate surface area is 162 Å². The van der Waals surface area contributed by atoms with Crippen molar-refractivity contribution in [2.75, 3.05) is 11.1 Å². The van der Waals surface area contributed by atoms with E-state index in [1.54, 1.807) is 12.1 Å². The monoisotopic (exact) mass is 384 g/mol. The Morgan fingerprint density at radius 1 is 1.15 bits per heavy atom. The van der Waals surface area contributed by atoms with Gasteiger partial charge in [-0.3, -0.25) is 4.79 Å². The number of rotatable bonds is 6. The van der Waals surface area contributed by atoms with E-state index >= 15 is 0 Å². The normalized spacial score (nSPS) is 10.8. The van der Waals surface area contributed by atoms with Gasteiger partial charge in [-0.1, -0.05) is 23.9 Å². The van der Waals surface area contributed by atoms with Crippen LogP contribution in [0.4, 0.5) is 10.1 Å². The molecule has 3 aromatic rings. The molecule has 0 fully saturated rings. The van der Waals surface area contributed by atoms with Crippen LogP contribution in [0.25, 0.3) is 11.4 Å². The Hall–Kier alpha value is -2.67. The van der Waals surface area contributed by atoms with E-state index in [2.05, 4.69) is 15.5 Å². The second-order valence-corrected chi connectivity index (χ2v) is 7.08. The van der Waals surface area contributed by atoms with Crippen molar-refractivity contribution in [2.45, 2.75) is 32.5 Å². The van der Waals surface area contributed by atoms with Gasteiger partial charge in [0.1, 0.15) is 5.82 Å². The van der Waals surface area contributed by atoms with E-state index in [1.807, 2.05) is 43.5 Å². The van der Waals surface area contributed by atoms with Crippen LogP contribution in [0, 0.1) is 19.7 Å². The van der Waals surface area contributed by atoms with Gasteiger partial charge in [-0.15, -0.1) is 10.2 Å². The lowest BCUT2D eigenvalue weighted by atomic mass is 10.1. The van der Waals surface area contributed by atoms with Crippen molar-refractivity contribution in [2.24, 2.45) is 0 Å². The maximum Gasteiger partial charge on any atom is 0.234 e. The first-order valence-corrected chi connectivity index (χ1v) is 9.66. The molecule has 5 nitrogen and oxygen atoms in total. The molecule has 1 aromatic heterocycles. The minimum Gasteiger partial charge on any atom is -0.325 e. The first kappa shape index (κ1) is 19.1. The Balaban J connectivity index is 1.70. The van der Waals surface area contributed by atoms with Gasteiger partial charge in [-0.2, -0.15) is 0 Å². The minimum absolute atomic E-state index is 0.0947. The molecular weight excluding hydrogens is 363 g/mol. The maximum absolute atomic E-state index is 13.1. The van der Waals surface area contributed by atoms with E-state index in [1.165, 1.54) is 23.9 Å². The Bertz CT molecular complexity index is 953. The van der Waals surface area contributed by atoms with Crippen LogP contribution in [0.15, 0.2) is 47.6 Å². The van der Waals surface area contributed by atoms with E-state index < -0.39 is 0 Å². The zero-order chi connectivity index (χ0) is 19.4. The maximum atomic E-state index is 13.1. The summed E-state index contributed by atoms with van der Waals surface area (Å²) in [6.45, 7) is 6.64. The number of nitrogens with zero attached hydrogens (tertiary/aromatic N) is 3. The lowest BCUT2D eigenvalue weighted by molar-refractivity contribution is -0.113. The van der Waals surface area contributed by atoms with Crippen LogP contribution in [0.1, 0.15) is 18.1 Å². The lowest BCUT2D eigenvalue weighted by Crippen LogP contribution is -2.15. The summed E-state index contributed by atoms with van der Waals surface area (Å²) < 4.78 is 15.1. The predicted octanol–water partition coefficient (Wildman–Crippen LogP) is 4.45. The molecule has 3 rings (SSSR count). The van der Waals surface area contributed by atoms with Gasteiger partial charge in [0.2, 0.25) is 5.91 Å². The summed E-state index contributed by atoms with van der Waals surface area (Å²) in [6, 6.07) is 12.0. The highest BCUT2D eigenvalue weighted by Crippen LogP contribution is 2.25. The van der Waals surface area contributed by atoms with Crippen LogP contribution >= 0.6 is 11.8 Å². The lowest BCUT2D eigenvalue weighted by Gasteiger charge is -2.10. The number of halogens is 1. The summed E-state index contributed by atoms with van der Waals surface area (Å²) in [7, 11) is 0. The van der Waals surface area contributed by atoms with Gasteiger partial charge >= 0.3 is 0 Å². The van der Waals surface area contributed by atoms with Gasteiger partial charge in [-0.05, 0) is 62.2 Å². The van der Waals surface area contributed by atoms with Crippen molar-refractivity contribution in [3.05, 3.63) is 59.4 Å². The molecule has 0 unspecified atom stereocenters. The number of carbonyl (C=O) groups excluding carboxylic acids is 1. The third-order valence-electron chi connectivity index (χ3n) is 4.35. The number of nitrogens with one attached hydrogen (secondary N) is 1. The Morgan fingerprint density at radius 2 is 1.89 bits per heavy atom. The zero-order valence-electron chi connectivity index (χ0n) is 15.5. The molecule has 0 saturated heterocycles. The van der Waals surface area contributed by atoms with Gasteiger partial charge in [0, 0.05) is 17.8 Å². The molecule has 0 bridgehead atoms. The number of amides is 1. The first-order chi connectivity index (χ1) is 13.0. The number of aromatic nitrogens is 3. The minimum atomic E-state index is -0.293. The number of thioether (sulfide) groups is 1. The van der Waals surface area contributed by atoms with Crippen molar-refractivity contribution in [1.29, 1.82) is 0 Å². The fraction of sp³-hybridized carbons (Fsp3) is 0.250. The number of anilines is 1. The highest BCUT2D eigenvalue weighted by atomic mass is 32.2. The second-order valence-electron chi connectivity index (χ2n) is 6.14. The molecule has 0 aliphatic carbocycles. The summed E-state index contributed by atoms with van der Waals surface area (Å²) in [4.78, 5) is 12.3. The Kier molecular flexibility index (Phi) is 5.91. The van der Waals surface area contributed by atoms with Crippen molar-refractivity contribution >= 4 is 23.4 Å². The number of carbonyl (C=O) groups is 1. The number of aryl methyl sites for hydroxylation is 1. The van der Waals surface area contributed by atoms with Crippen LogP contribution in [0.5, 0.6) is 0 Å². The van der Waals surface area contributed by atoms with Gasteiger partial charge < -0.3 is 9.88 Å². The predicted molar refractivity (Wildman–Crippen MR) is 106 cm³/mol. The Morgan fingerprint density at radius 3 is 2.59 bits per heavy atom. The second kappa shape index (κ2) is 8.35. The molecule has 0 saturated carbocycles.